The van der Waals surface area contributed by atoms with Crippen LogP contribution in [0.15, 0.2) is 71.8 Å². The number of carbonyl (C=O) groups is 1. The lowest BCUT2D eigenvalue weighted by atomic mass is 9.98. The van der Waals surface area contributed by atoms with E-state index < -0.39 is 11.9 Å². The Morgan fingerprint density at radius 3 is 2.69 bits per heavy atom. The number of carbonyl (C=O) groups excluding carboxylic acids is 1. The van der Waals surface area contributed by atoms with Crippen molar-refractivity contribution in [2.45, 2.75) is 33.3 Å². The molecule has 1 fully saturated rings. The molecule has 1 aliphatic heterocycles. The van der Waals surface area contributed by atoms with Crippen molar-refractivity contribution in [2.75, 3.05) is 37.7 Å². The topological polar surface area (TPSA) is 91.2 Å². The first-order valence-electron chi connectivity index (χ1n) is 13.0. The van der Waals surface area contributed by atoms with E-state index in [2.05, 4.69) is 26.4 Å². The van der Waals surface area contributed by atoms with Gasteiger partial charge < -0.3 is 19.6 Å². The molecule has 1 unspecified atom stereocenters. The average Bonchev–Trinajstić information content (AvgIpc) is 2.95. The number of aliphatic imine (C=N–C) groups is 1. The highest BCUT2D eigenvalue weighted by molar-refractivity contribution is 5.94. The Morgan fingerprint density at radius 1 is 1.23 bits per heavy atom. The highest BCUT2D eigenvalue weighted by Gasteiger charge is 2.23. The molecule has 39 heavy (non-hydrogen) atoms. The summed E-state index contributed by atoms with van der Waals surface area (Å²) in [5, 5.41) is 12.1. The van der Waals surface area contributed by atoms with Crippen molar-refractivity contribution in [3.05, 3.63) is 78.2 Å². The van der Waals surface area contributed by atoms with Crippen LogP contribution in [-0.2, 0) is 9.53 Å². The fourth-order valence-corrected chi connectivity index (χ4v) is 4.75. The average molecular weight is 532 g/mol. The molecule has 3 aromatic rings. The number of amides is 1. The Morgan fingerprint density at radius 2 is 2.00 bits per heavy atom. The molecule has 2 heterocycles. The highest BCUT2D eigenvalue weighted by atomic mass is 19.1. The molecule has 0 bridgehead atoms. The molecule has 0 aliphatic carbocycles. The zero-order valence-electron chi connectivity index (χ0n) is 22.6. The third-order valence-corrected chi connectivity index (χ3v) is 6.74. The number of halogens is 1. The molecule has 4 rings (SSSR count). The molecular formula is C30H34FN5O3. The second-order valence-electron chi connectivity index (χ2n) is 9.32. The van der Waals surface area contributed by atoms with E-state index in [-0.39, 0.29) is 17.2 Å². The summed E-state index contributed by atoms with van der Waals surface area (Å²) in [5.41, 5.74) is 3.58. The van der Waals surface area contributed by atoms with Crippen LogP contribution in [0.1, 0.15) is 38.9 Å². The van der Waals surface area contributed by atoms with E-state index in [0.717, 1.165) is 25.2 Å². The van der Waals surface area contributed by atoms with E-state index in [9.17, 15) is 9.90 Å². The van der Waals surface area contributed by atoms with Crippen molar-refractivity contribution >= 4 is 28.7 Å². The van der Waals surface area contributed by atoms with Gasteiger partial charge in [-0.25, -0.2) is 14.4 Å². The van der Waals surface area contributed by atoms with Crippen LogP contribution in [0.25, 0.3) is 22.2 Å². The predicted molar refractivity (Wildman–Crippen MR) is 152 cm³/mol. The molecular weight excluding hydrogens is 497 g/mol. The number of aliphatic hydroxyl groups is 1. The van der Waals surface area contributed by atoms with Crippen molar-refractivity contribution < 1.29 is 19.0 Å². The van der Waals surface area contributed by atoms with E-state index in [0.29, 0.717) is 47.6 Å². The fourth-order valence-electron chi connectivity index (χ4n) is 4.75. The van der Waals surface area contributed by atoms with Gasteiger partial charge >= 0.3 is 0 Å². The number of rotatable bonds is 9. The number of ether oxygens (including phenoxy) is 1. The second-order valence-corrected chi connectivity index (χ2v) is 9.32. The molecule has 0 saturated carbocycles. The van der Waals surface area contributed by atoms with Crippen molar-refractivity contribution in [2.24, 2.45) is 4.99 Å². The lowest BCUT2D eigenvalue weighted by Gasteiger charge is -2.29. The van der Waals surface area contributed by atoms with E-state index in [4.69, 9.17) is 4.74 Å². The molecule has 204 valence electrons. The number of hydrogen-bond donors (Lipinski definition) is 1. The summed E-state index contributed by atoms with van der Waals surface area (Å²) in [6.07, 6.45) is 3.88. The van der Waals surface area contributed by atoms with Gasteiger partial charge in [0.05, 0.1) is 30.1 Å². The Labute approximate surface area is 228 Å². The van der Waals surface area contributed by atoms with Gasteiger partial charge in [0, 0.05) is 55.1 Å². The number of aliphatic hydroxyl groups excluding tert-OH is 1. The van der Waals surface area contributed by atoms with Gasteiger partial charge in [-0.2, -0.15) is 0 Å². The zero-order chi connectivity index (χ0) is 27.9. The van der Waals surface area contributed by atoms with E-state index in [1.54, 1.807) is 17.9 Å². The SMILES string of the molecule is C=C/C=N\C(=C(/C)N(CCC)C(C)=O)C(O)c1ccc(F)c(-c2ncnc3cc(N4CCOCC4)ccc23)c1. The van der Waals surface area contributed by atoms with Gasteiger partial charge in [0.25, 0.3) is 0 Å². The highest BCUT2D eigenvalue weighted by Crippen LogP contribution is 2.34. The van der Waals surface area contributed by atoms with Crippen molar-refractivity contribution in [3.8, 4) is 11.3 Å². The first kappa shape index (κ1) is 28.1. The number of morpholine rings is 1. The van der Waals surface area contributed by atoms with Crippen LogP contribution in [-0.4, -0.2) is 64.9 Å². The Bertz CT molecular complexity index is 1410. The summed E-state index contributed by atoms with van der Waals surface area (Å²) in [6, 6.07) is 10.3. The van der Waals surface area contributed by atoms with Gasteiger partial charge in [-0.3, -0.25) is 9.79 Å². The van der Waals surface area contributed by atoms with Crippen molar-refractivity contribution in [1.29, 1.82) is 0 Å². The smallest absolute Gasteiger partial charge is 0.223 e. The van der Waals surface area contributed by atoms with Gasteiger partial charge in [-0.05, 0) is 49.2 Å². The lowest BCUT2D eigenvalue weighted by Crippen LogP contribution is -2.36. The fraction of sp³-hybridized carbons (Fsp3) is 0.333. The summed E-state index contributed by atoms with van der Waals surface area (Å²) >= 11 is 0. The molecule has 2 aromatic carbocycles. The summed E-state index contributed by atoms with van der Waals surface area (Å²) in [4.78, 5) is 29.4. The van der Waals surface area contributed by atoms with Crippen LogP contribution in [0.2, 0.25) is 0 Å². The predicted octanol–water partition coefficient (Wildman–Crippen LogP) is 5.05. The molecule has 9 heteroatoms. The molecule has 1 aliphatic rings. The summed E-state index contributed by atoms with van der Waals surface area (Å²) < 4.78 is 20.7. The monoisotopic (exact) mass is 531 g/mol. The van der Waals surface area contributed by atoms with Gasteiger partial charge in [-0.15, -0.1) is 0 Å². The molecule has 1 saturated heterocycles. The van der Waals surface area contributed by atoms with E-state index in [1.807, 2.05) is 25.1 Å². The molecule has 1 atom stereocenters. The van der Waals surface area contributed by atoms with Crippen LogP contribution in [0.3, 0.4) is 0 Å². The van der Waals surface area contributed by atoms with Gasteiger partial charge in [-0.1, -0.05) is 25.6 Å². The molecule has 1 amide bonds. The first-order chi connectivity index (χ1) is 18.8. The maximum Gasteiger partial charge on any atom is 0.223 e. The molecule has 8 nitrogen and oxygen atoms in total. The minimum Gasteiger partial charge on any atom is -0.382 e. The Kier molecular flexibility index (Phi) is 9.16. The minimum atomic E-state index is -1.22. The largest absolute Gasteiger partial charge is 0.382 e. The third kappa shape index (κ3) is 6.21. The number of benzene rings is 2. The van der Waals surface area contributed by atoms with Crippen LogP contribution in [0.5, 0.6) is 0 Å². The zero-order valence-corrected chi connectivity index (χ0v) is 22.6. The van der Waals surface area contributed by atoms with Gasteiger partial charge in [0.1, 0.15) is 18.2 Å². The van der Waals surface area contributed by atoms with E-state index >= 15 is 4.39 Å². The number of allylic oxidation sites excluding steroid dienone is 2. The first-order valence-corrected chi connectivity index (χ1v) is 13.0. The number of nitrogens with zero attached hydrogens (tertiary/aromatic N) is 5. The van der Waals surface area contributed by atoms with Crippen LogP contribution in [0.4, 0.5) is 10.1 Å². The molecule has 0 spiro atoms. The van der Waals surface area contributed by atoms with Crippen molar-refractivity contribution in [3.63, 3.8) is 0 Å². The van der Waals surface area contributed by atoms with Crippen molar-refractivity contribution in [1.82, 2.24) is 14.9 Å². The number of aromatic nitrogens is 2. The Balaban J connectivity index is 1.77. The maximum absolute atomic E-state index is 15.2. The quantitative estimate of drug-likeness (QED) is 0.389. The lowest BCUT2D eigenvalue weighted by molar-refractivity contribution is -0.127. The van der Waals surface area contributed by atoms with Crippen LogP contribution >= 0.6 is 0 Å². The second kappa shape index (κ2) is 12.7. The summed E-state index contributed by atoms with van der Waals surface area (Å²) in [6.45, 7) is 12.2. The number of anilines is 1. The number of fused-ring (bicyclic) bond motifs is 1. The van der Waals surface area contributed by atoms with E-state index in [1.165, 1.54) is 37.7 Å². The minimum absolute atomic E-state index is 0.156. The molecule has 1 aromatic heterocycles. The molecule has 1 N–H and O–H groups in total. The molecule has 0 radical (unpaired) electrons. The standard InChI is InChI=1S/C30H34FN5O3/c1-5-11-32-28(20(3)36(12-6-2)21(4)37)30(38)22-7-10-26(31)25(17-22)29-24-9-8-23(18-27(24)33-19-34-29)35-13-15-39-16-14-35/h5,7-11,17-19,30,38H,1,6,12-16H2,2-4H3/b28-20+,32-11-. The Hall–Kier alpha value is -3.95. The van der Waals surface area contributed by atoms with Gasteiger partial charge in [0.2, 0.25) is 5.91 Å². The van der Waals surface area contributed by atoms with Gasteiger partial charge in [0.15, 0.2) is 0 Å². The van der Waals surface area contributed by atoms with Crippen LogP contribution in [0, 0.1) is 5.82 Å². The van der Waals surface area contributed by atoms with Crippen LogP contribution < -0.4 is 4.90 Å². The summed E-state index contributed by atoms with van der Waals surface area (Å²) in [5.74, 6) is -0.632. The third-order valence-electron chi connectivity index (χ3n) is 6.74. The maximum atomic E-state index is 15.2. The number of hydrogen-bond acceptors (Lipinski definition) is 7. The normalized spacial score (nSPS) is 15.4. The summed E-state index contributed by atoms with van der Waals surface area (Å²) in [7, 11) is 0.